The third kappa shape index (κ3) is 4.56. The maximum absolute atomic E-state index is 12.3. The molecule has 0 atom stereocenters. The van der Waals surface area contributed by atoms with Crippen LogP contribution in [0.25, 0.3) is 6.08 Å². The third-order valence-corrected chi connectivity index (χ3v) is 3.44. The van der Waals surface area contributed by atoms with Crippen molar-refractivity contribution in [2.24, 2.45) is 0 Å². The predicted octanol–water partition coefficient (Wildman–Crippen LogP) is 3.80. The van der Waals surface area contributed by atoms with E-state index in [0.717, 1.165) is 0 Å². The fraction of sp³-hybridized carbons (Fsp3) is 0.0588. The van der Waals surface area contributed by atoms with Crippen molar-refractivity contribution in [1.82, 2.24) is 0 Å². The van der Waals surface area contributed by atoms with Gasteiger partial charge in [0.25, 0.3) is 11.6 Å². The van der Waals surface area contributed by atoms with Gasteiger partial charge in [0.1, 0.15) is 17.4 Å². The average Bonchev–Trinajstić information content (AvgIpc) is 2.61. The molecular formula is C17H12ClN3O4. The van der Waals surface area contributed by atoms with Gasteiger partial charge in [0.2, 0.25) is 0 Å². The average molecular weight is 358 g/mol. The SMILES string of the molecule is COc1cc([N+](=O)[O-])ccc1NC(=O)/C(C#N)=C/c1ccc(Cl)cc1. The Bertz CT molecular complexity index is 886. The van der Waals surface area contributed by atoms with Crippen LogP contribution in [0.3, 0.4) is 0 Å². The van der Waals surface area contributed by atoms with Crippen LogP contribution >= 0.6 is 11.6 Å². The first-order valence-corrected chi connectivity index (χ1v) is 7.33. The van der Waals surface area contributed by atoms with Gasteiger partial charge >= 0.3 is 0 Å². The van der Waals surface area contributed by atoms with Crippen LogP contribution in [0.2, 0.25) is 5.02 Å². The van der Waals surface area contributed by atoms with Crippen LogP contribution in [0.15, 0.2) is 48.0 Å². The molecule has 0 aliphatic rings. The number of rotatable bonds is 5. The molecule has 0 aromatic heterocycles. The lowest BCUT2D eigenvalue weighted by Crippen LogP contribution is -2.14. The highest BCUT2D eigenvalue weighted by molar-refractivity contribution is 6.30. The van der Waals surface area contributed by atoms with E-state index in [2.05, 4.69) is 5.32 Å². The van der Waals surface area contributed by atoms with E-state index in [1.807, 2.05) is 6.07 Å². The summed E-state index contributed by atoms with van der Waals surface area (Å²) in [6, 6.07) is 12.2. The Hall–Kier alpha value is -3.37. The minimum atomic E-state index is -0.662. The number of hydrogen-bond donors (Lipinski definition) is 1. The highest BCUT2D eigenvalue weighted by Crippen LogP contribution is 2.29. The molecule has 0 spiro atoms. The summed E-state index contributed by atoms with van der Waals surface area (Å²) in [5.74, 6) is -0.545. The quantitative estimate of drug-likeness (QED) is 0.379. The van der Waals surface area contributed by atoms with E-state index in [0.29, 0.717) is 10.6 Å². The second kappa shape index (κ2) is 7.95. The van der Waals surface area contributed by atoms with Gasteiger partial charge in [0.15, 0.2) is 0 Å². The van der Waals surface area contributed by atoms with E-state index in [9.17, 15) is 20.2 Å². The number of nitriles is 1. The summed E-state index contributed by atoms with van der Waals surface area (Å²) >= 11 is 5.79. The Morgan fingerprint density at radius 1 is 1.32 bits per heavy atom. The zero-order valence-corrected chi connectivity index (χ0v) is 13.8. The number of hydrogen-bond acceptors (Lipinski definition) is 5. The summed E-state index contributed by atoms with van der Waals surface area (Å²) in [6.45, 7) is 0. The molecule has 1 amide bonds. The van der Waals surface area contributed by atoms with Crippen molar-refractivity contribution in [3.8, 4) is 11.8 Å². The monoisotopic (exact) mass is 357 g/mol. The van der Waals surface area contributed by atoms with Crippen molar-refractivity contribution < 1.29 is 14.5 Å². The number of benzene rings is 2. The van der Waals surface area contributed by atoms with Crippen LogP contribution in [-0.4, -0.2) is 17.9 Å². The Labute approximate surface area is 148 Å². The number of carbonyl (C=O) groups is 1. The minimum absolute atomic E-state index is 0.117. The van der Waals surface area contributed by atoms with Gasteiger partial charge in [-0.15, -0.1) is 0 Å². The zero-order valence-electron chi connectivity index (χ0n) is 13.0. The second-order valence-corrected chi connectivity index (χ2v) is 5.25. The van der Waals surface area contributed by atoms with Crippen molar-refractivity contribution in [2.45, 2.75) is 0 Å². The Balaban J connectivity index is 2.26. The van der Waals surface area contributed by atoms with E-state index in [-0.39, 0.29) is 22.7 Å². The van der Waals surface area contributed by atoms with Gasteiger partial charge in [-0.3, -0.25) is 14.9 Å². The van der Waals surface area contributed by atoms with Crippen LogP contribution < -0.4 is 10.1 Å². The van der Waals surface area contributed by atoms with Crippen molar-refractivity contribution >= 4 is 35.0 Å². The number of nitro benzene ring substituents is 1. The Kier molecular flexibility index (Phi) is 5.71. The molecule has 0 fully saturated rings. The van der Waals surface area contributed by atoms with Crippen LogP contribution in [0.1, 0.15) is 5.56 Å². The molecule has 2 aromatic carbocycles. The minimum Gasteiger partial charge on any atom is -0.494 e. The summed E-state index contributed by atoms with van der Waals surface area (Å²) in [6.07, 6.45) is 1.41. The van der Waals surface area contributed by atoms with Crippen LogP contribution in [0.5, 0.6) is 5.75 Å². The van der Waals surface area contributed by atoms with Gasteiger partial charge < -0.3 is 10.1 Å². The first-order chi connectivity index (χ1) is 11.9. The summed E-state index contributed by atoms with van der Waals surface area (Å²) in [7, 11) is 1.32. The third-order valence-electron chi connectivity index (χ3n) is 3.19. The van der Waals surface area contributed by atoms with Gasteiger partial charge in [-0.2, -0.15) is 5.26 Å². The number of nitrogens with one attached hydrogen (secondary N) is 1. The Morgan fingerprint density at radius 2 is 2.00 bits per heavy atom. The van der Waals surface area contributed by atoms with E-state index < -0.39 is 10.8 Å². The van der Waals surface area contributed by atoms with E-state index >= 15 is 0 Å². The smallest absolute Gasteiger partial charge is 0.273 e. The predicted molar refractivity (Wildman–Crippen MR) is 93.3 cm³/mol. The lowest BCUT2D eigenvalue weighted by atomic mass is 10.1. The molecule has 2 rings (SSSR count). The highest BCUT2D eigenvalue weighted by Gasteiger charge is 2.15. The van der Waals surface area contributed by atoms with Gasteiger partial charge in [0.05, 0.1) is 23.8 Å². The maximum atomic E-state index is 12.3. The second-order valence-electron chi connectivity index (χ2n) is 4.82. The molecule has 0 heterocycles. The molecule has 0 aliphatic carbocycles. The van der Waals surface area contributed by atoms with Gasteiger partial charge in [-0.05, 0) is 29.8 Å². The van der Waals surface area contributed by atoms with E-state index in [4.69, 9.17) is 16.3 Å². The molecule has 25 heavy (non-hydrogen) atoms. The normalized spacial score (nSPS) is 10.7. The lowest BCUT2D eigenvalue weighted by Gasteiger charge is -2.09. The molecule has 0 unspecified atom stereocenters. The number of anilines is 1. The molecule has 0 saturated carbocycles. The van der Waals surface area contributed by atoms with Crippen molar-refractivity contribution in [2.75, 3.05) is 12.4 Å². The first kappa shape index (κ1) is 18.0. The van der Waals surface area contributed by atoms with Crippen molar-refractivity contribution in [3.63, 3.8) is 0 Å². The molecule has 2 aromatic rings. The maximum Gasteiger partial charge on any atom is 0.273 e. The molecule has 7 nitrogen and oxygen atoms in total. The number of methoxy groups -OCH3 is 1. The zero-order chi connectivity index (χ0) is 18.4. The summed E-state index contributed by atoms with van der Waals surface area (Å²) in [4.78, 5) is 22.5. The molecule has 0 saturated heterocycles. The number of halogens is 1. The first-order valence-electron chi connectivity index (χ1n) is 6.95. The highest BCUT2D eigenvalue weighted by atomic mass is 35.5. The number of non-ortho nitro benzene ring substituents is 1. The van der Waals surface area contributed by atoms with Gasteiger partial charge in [-0.25, -0.2) is 0 Å². The van der Waals surface area contributed by atoms with E-state index in [1.54, 1.807) is 24.3 Å². The topological polar surface area (TPSA) is 105 Å². The number of carbonyl (C=O) groups excluding carboxylic acids is 1. The molecule has 1 N–H and O–H groups in total. The standard InChI is InChI=1S/C17H12ClN3O4/c1-25-16-9-14(21(23)24)6-7-15(16)20-17(22)12(10-19)8-11-2-4-13(18)5-3-11/h2-9H,1H3,(H,20,22)/b12-8+. The number of nitrogens with zero attached hydrogens (tertiary/aromatic N) is 2. The molecular weight excluding hydrogens is 346 g/mol. The molecule has 0 radical (unpaired) electrons. The summed E-state index contributed by atoms with van der Waals surface area (Å²) < 4.78 is 5.05. The van der Waals surface area contributed by atoms with Crippen molar-refractivity contribution in [1.29, 1.82) is 5.26 Å². The number of nitro groups is 1. The summed E-state index contributed by atoms with van der Waals surface area (Å²) in [5.41, 5.74) is 0.539. The largest absolute Gasteiger partial charge is 0.494 e. The van der Waals surface area contributed by atoms with Crippen molar-refractivity contribution in [3.05, 3.63) is 68.7 Å². The molecule has 8 heteroatoms. The van der Waals surface area contributed by atoms with Crippen LogP contribution in [0.4, 0.5) is 11.4 Å². The van der Waals surface area contributed by atoms with E-state index in [1.165, 1.54) is 31.4 Å². The van der Waals surface area contributed by atoms with Gasteiger partial charge in [0, 0.05) is 11.1 Å². The summed E-state index contributed by atoms with van der Waals surface area (Å²) in [5, 5.41) is 23.0. The lowest BCUT2D eigenvalue weighted by molar-refractivity contribution is -0.384. The molecule has 126 valence electrons. The van der Waals surface area contributed by atoms with Crippen LogP contribution in [-0.2, 0) is 4.79 Å². The Morgan fingerprint density at radius 3 is 2.56 bits per heavy atom. The fourth-order valence-corrected chi connectivity index (χ4v) is 2.09. The number of ether oxygens (including phenoxy) is 1. The van der Waals surface area contributed by atoms with Gasteiger partial charge in [-0.1, -0.05) is 23.7 Å². The molecule has 0 aliphatic heterocycles. The molecule has 0 bridgehead atoms. The number of amides is 1. The fourth-order valence-electron chi connectivity index (χ4n) is 1.96. The van der Waals surface area contributed by atoms with Crippen LogP contribution in [0, 0.1) is 21.4 Å².